The third-order valence-corrected chi connectivity index (χ3v) is 5.34. The van der Waals surface area contributed by atoms with Gasteiger partial charge in [0.05, 0.1) is 24.5 Å². The number of urea groups is 1. The van der Waals surface area contributed by atoms with E-state index in [2.05, 4.69) is 20.2 Å². The second-order valence-electron chi connectivity index (χ2n) is 7.30. The highest BCUT2D eigenvalue weighted by atomic mass is 19.1. The summed E-state index contributed by atoms with van der Waals surface area (Å²) in [5.74, 6) is 0.587. The Bertz CT molecular complexity index is 784. The lowest BCUT2D eigenvalue weighted by Gasteiger charge is -2.27. The van der Waals surface area contributed by atoms with Gasteiger partial charge in [-0.05, 0) is 42.7 Å². The van der Waals surface area contributed by atoms with Crippen molar-refractivity contribution >= 4 is 6.03 Å². The minimum Gasteiger partial charge on any atom is -0.367 e. The molecular weight excluding hydrogens is 347 g/mol. The van der Waals surface area contributed by atoms with E-state index in [1.54, 1.807) is 18.3 Å². The van der Waals surface area contributed by atoms with Crippen LogP contribution in [0.5, 0.6) is 0 Å². The van der Waals surface area contributed by atoms with Crippen LogP contribution < -0.4 is 10.6 Å². The molecule has 6 nitrogen and oxygen atoms in total. The summed E-state index contributed by atoms with van der Waals surface area (Å²) in [4.78, 5) is 16.5. The van der Waals surface area contributed by atoms with Gasteiger partial charge in [0, 0.05) is 12.6 Å². The Morgan fingerprint density at radius 2 is 2.00 bits per heavy atom. The molecule has 0 saturated heterocycles. The number of halogens is 1. The first-order valence-electron chi connectivity index (χ1n) is 9.65. The molecule has 1 aliphatic heterocycles. The molecule has 27 heavy (non-hydrogen) atoms. The van der Waals surface area contributed by atoms with Crippen LogP contribution >= 0.6 is 0 Å². The van der Waals surface area contributed by atoms with Crippen molar-refractivity contribution in [3.05, 3.63) is 42.1 Å². The zero-order chi connectivity index (χ0) is 18.6. The molecule has 1 aromatic carbocycles. The maximum atomic E-state index is 13.2. The molecule has 2 aromatic rings. The topological polar surface area (TPSA) is 68.2 Å². The van der Waals surface area contributed by atoms with E-state index in [4.69, 9.17) is 4.74 Å². The van der Waals surface area contributed by atoms with E-state index in [9.17, 15) is 9.18 Å². The Hall–Kier alpha value is -2.41. The number of imidazole rings is 1. The third kappa shape index (κ3) is 4.30. The number of rotatable bonds is 4. The Labute approximate surface area is 158 Å². The van der Waals surface area contributed by atoms with Gasteiger partial charge in [-0.25, -0.2) is 14.2 Å². The number of fused-ring (bicyclic) bond motifs is 1. The van der Waals surface area contributed by atoms with Crippen LogP contribution in [-0.4, -0.2) is 34.3 Å². The summed E-state index contributed by atoms with van der Waals surface area (Å²) in [5, 5.41) is 5.99. The molecule has 4 rings (SSSR count). The number of nitrogens with one attached hydrogen (secondary N) is 2. The largest absolute Gasteiger partial charge is 0.367 e. The number of nitrogens with zero attached hydrogens (tertiary/aromatic N) is 2. The van der Waals surface area contributed by atoms with Crippen LogP contribution in [0.1, 0.15) is 37.9 Å². The van der Waals surface area contributed by atoms with Gasteiger partial charge < -0.3 is 19.9 Å². The number of ether oxygens (including phenoxy) is 1. The smallest absolute Gasteiger partial charge is 0.315 e. The van der Waals surface area contributed by atoms with Gasteiger partial charge >= 0.3 is 6.03 Å². The Balaban J connectivity index is 1.34. The van der Waals surface area contributed by atoms with Gasteiger partial charge in [0.15, 0.2) is 0 Å². The summed E-state index contributed by atoms with van der Waals surface area (Å²) in [6.07, 6.45) is 7.43. The van der Waals surface area contributed by atoms with Crippen molar-refractivity contribution in [1.82, 2.24) is 20.2 Å². The second-order valence-corrected chi connectivity index (χ2v) is 7.30. The maximum Gasteiger partial charge on any atom is 0.315 e. The average molecular weight is 372 g/mol. The fourth-order valence-corrected chi connectivity index (χ4v) is 3.85. The van der Waals surface area contributed by atoms with Crippen LogP contribution in [-0.2, 0) is 17.9 Å². The highest BCUT2D eigenvalue weighted by molar-refractivity contribution is 5.74. The van der Waals surface area contributed by atoms with E-state index in [1.807, 2.05) is 0 Å². The molecule has 2 aliphatic rings. The van der Waals surface area contributed by atoms with E-state index in [0.717, 1.165) is 29.9 Å². The first-order valence-corrected chi connectivity index (χ1v) is 9.65. The summed E-state index contributed by atoms with van der Waals surface area (Å²) in [5.41, 5.74) is 1.85. The lowest BCUT2D eigenvalue weighted by molar-refractivity contribution is 0.00486. The molecular formula is C20H25FN4O2. The number of hydrogen-bond acceptors (Lipinski definition) is 3. The van der Waals surface area contributed by atoms with Crippen LogP contribution in [0.4, 0.5) is 9.18 Å². The number of aromatic nitrogens is 2. The number of benzene rings is 1. The van der Waals surface area contributed by atoms with Crippen molar-refractivity contribution in [2.24, 2.45) is 0 Å². The van der Waals surface area contributed by atoms with Crippen LogP contribution in [0.2, 0.25) is 0 Å². The molecule has 1 aliphatic carbocycles. The van der Waals surface area contributed by atoms with Crippen LogP contribution in [0, 0.1) is 5.82 Å². The minimum absolute atomic E-state index is 0.122. The van der Waals surface area contributed by atoms with Crippen molar-refractivity contribution in [3.63, 3.8) is 0 Å². The zero-order valence-electron chi connectivity index (χ0n) is 15.3. The van der Waals surface area contributed by atoms with Crippen LogP contribution in [0.3, 0.4) is 0 Å². The second kappa shape index (κ2) is 8.08. The van der Waals surface area contributed by atoms with Crippen molar-refractivity contribution in [1.29, 1.82) is 0 Å². The summed E-state index contributed by atoms with van der Waals surface area (Å²) < 4.78 is 21.1. The summed E-state index contributed by atoms with van der Waals surface area (Å²) in [7, 11) is 0. The quantitative estimate of drug-likeness (QED) is 0.866. The van der Waals surface area contributed by atoms with Crippen molar-refractivity contribution < 1.29 is 13.9 Å². The molecule has 2 amide bonds. The van der Waals surface area contributed by atoms with Gasteiger partial charge in [0.25, 0.3) is 0 Å². The molecule has 1 atom stereocenters. The monoisotopic (exact) mass is 372 g/mol. The lowest BCUT2D eigenvalue weighted by Crippen LogP contribution is -2.46. The third-order valence-electron chi connectivity index (χ3n) is 5.34. The van der Waals surface area contributed by atoms with Crippen molar-refractivity contribution in [2.45, 2.75) is 57.4 Å². The average Bonchev–Trinajstić information content (AvgIpc) is 3.11. The number of amides is 2. The first kappa shape index (κ1) is 18.0. The van der Waals surface area contributed by atoms with Gasteiger partial charge in [-0.1, -0.05) is 19.3 Å². The van der Waals surface area contributed by atoms with Crippen LogP contribution in [0.15, 0.2) is 30.5 Å². The van der Waals surface area contributed by atoms with Crippen LogP contribution in [0.25, 0.3) is 11.3 Å². The molecule has 7 heteroatoms. The molecule has 0 unspecified atom stereocenters. The van der Waals surface area contributed by atoms with E-state index in [0.29, 0.717) is 19.7 Å². The minimum atomic E-state index is -0.258. The van der Waals surface area contributed by atoms with Gasteiger partial charge in [0.1, 0.15) is 18.2 Å². The van der Waals surface area contributed by atoms with Gasteiger partial charge in [-0.3, -0.25) is 0 Å². The van der Waals surface area contributed by atoms with Crippen molar-refractivity contribution in [2.75, 3.05) is 6.54 Å². The number of hydrogen-bond donors (Lipinski definition) is 2. The Morgan fingerprint density at radius 3 is 2.78 bits per heavy atom. The fraction of sp³-hybridized carbons (Fsp3) is 0.500. The van der Waals surface area contributed by atoms with E-state index in [1.165, 1.54) is 31.4 Å². The zero-order valence-corrected chi connectivity index (χ0v) is 15.3. The highest BCUT2D eigenvalue weighted by Gasteiger charge is 2.24. The van der Waals surface area contributed by atoms with Gasteiger partial charge in [-0.2, -0.15) is 0 Å². The van der Waals surface area contributed by atoms with Gasteiger partial charge in [-0.15, -0.1) is 0 Å². The molecule has 1 fully saturated rings. The summed E-state index contributed by atoms with van der Waals surface area (Å²) in [6, 6.07) is 6.56. The standard InChI is InChI=1S/C20H25FN4O2/c21-15-8-6-14(7-9-15)18-11-22-19-13-27-17(12-25(18)19)10-23-20(26)24-16-4-2-1-3-5-16/h6-9,11,16-17H,1-5,10,12-13H2,(H2,23,24,26)/t17-/m0/s1. The molecule has 0 bridgehead atoms. The number of carbonyl (C=O) groups excluding carboxylic acids is 1. The normalized spacial score (nSPS) is 20.1. The molecule has 2 N–H and O–H groups in total. The van der Waals surface area contributed by atoms with E-state index < -0.39 is 0 Å². The number of carbonyl (C=O) groups is 1. The molecule has 144 valence electrons. The highest BCUT2D eigenvalue weighted by Crippen LogP contribution is 2.25. The predicted molar refractivity (Wildman–Crippen MR) is 99.6 cm³/mol. The molecule has 0 spiro atoms. The summed E-state index contributed by atoms with van der Waals surface area (Å²) >= 11 is 0. The lowest BCUT2D eigenvalue weighted by atomic mass is 9.96. The van der Waals surface area contributed by atoms with E-state index in [-0.39, 0.29) is 24.0 Å². The predicted octanol–water partition coefficient (Wildman–Crippen LogP) is 3.22. The Kier molecular flexibility index (Phi) is 5.38. The fourth-order valence-electron chi connectivity index (χ4n) is 3.85. The summed E-state index contributed by atoms with van der Waals surface area (Å²) in [6.45, 7) is 1.45. The molecule has 0 radical (unpaired) electrons. The van der Waals surface area contributed by atoms with Gasteiger partial charge in [0.2, 0.25) is 0 Å². The first-order chi connectivity index (χ1) is 13.2. The van der Waals surface area contributed by atoms with E-state index >= 15 is 0 Å². The molecule has 1 aromatic heterocycles. The SMILES string of the molecule is O=C(NC[C@H]1Cn2c(-c3ccc(F)cc3)cnc2CO1)NC1CCCCC1. The Morgan fingerprint density at radius 1 is 1.22 bits per heavy atom. The molecule has 1 saturated carbocycles. The van der Waals surface area contributed by atoms with Crippen molar-refractivity contribution in [3.8, 4) is 11.3 Å². The maximum absolute atomic E-state index is 13.2. The molecule has 2 heterocycles.